The molecule has 2 rings (SSSR count). The first-order chi connectivity index (χ1) is 8.08. The normalized spacial score (nSPS) is 19.5. The van der Waals surface area contributed by atoms with Crippen molar-refractivity contribution in [1.82, 2.24) is 9.80 Å². The quantitative estimate of drug-likeness (QED) is 0.725. The molecule has 7 heteroatoms. The second-order valence-electron chi connectivity index (χ2n) is 4.22. The van der Waals surface area contributed by atoms with Gasteiger partial charge in [0.1, 0.15) is 13.1 Å². The predicted molar refractivity (Wildman–Crippen MR) is 61.4 cm³/mol. The number of amides is 2. The largest absolute Gasteiger partial charge is 0.480 e. The lowest BCUT2D eigenvalue weighted by Gasteiger charge is -2.23. The Balaban J connectivity index is 1.91. The fourth-order valence-electron chi connectivity index (χ4n) is 1.75. The molecule has 1 saturated carbocycles. The Morgan fingerprint density at radius 2 is 2.18 bits per heavy atom. The summed E-state index contributed by atoms with van der Waals surface area (Å²) in [5, 5.41) is 8.74. The summed E-state index contributed by atoms with van der Waals surface area (Å²) in [5.41, 5.74) is 0. The number of hydrogen-bond acceptors (Lipinski definition) is 4. The Labute approximate surface area is 103 Å². The standard InChI is InChI=1S/C10H14N2O4S/c13-8(3-11-6-17-5-9(11)14)12(4-10(15)16)7-1-2-7/h7H,1-6H2,(H,15,16). The van der Waals surface area contributed by atoms with Gasteiger partial charge in [-0.25, -0.2) is 0 Å². The average molecular weight is 258 g/mol. The summed E-state index contributed by atoms with van der Waals surface area (Å²) in [5.74, 6) is -0.376. The van der Waals surface area contributed by atoms with Crippen LogP contribution in [-0.2, 0) is 14.4 Å². The fraction of sp³-hybridized carbons (Fsp3) is 0.700. The van der Waals surface area contributed by atoms with Gasteiger partial charge in [0.15, 0.2) is 0 Å². The first-order valence-corrected chi connectivity index (χ1v) is 6.60. The van der Waals surface area contributed by atoms with Crippen LogP contribution in [0, 0.1) is 0 Å². The Morgan fingerprint density at radius 3 is 2.65 bits per heavy atom. The van der Waals surface area contributed by atoms with Gasteiger partial charge in [-0.15, -0.1) is 11.8 Å². The van der Waals surface area contributed by atoms with Gasteiger partial charge in [-0.3, -0.25) is 14.4 Å². The van der Waals surface area contributed by atoms with E-state index in [-0.39, 0.29) is 30.9 Å². The molecule has 6 nitrogen and oxygen atoms in total. The van der Waals surface area contributed by atoms with E-state index in [4.69, 9.17) is 5.11 Å². The van der Waals surface area contributed by atoms with E-state index in [1.165, 1.54) is 21.6 Å². The zero-order chi connectivity index (χ0) is 12.4. The molecule has 0 aromatic heterocycles. The Hall–Kier alpha value is -1.24. The van der Waals surface area contributed by atoms with Crippen LogP contribution in [0.4, 0.5) is 0 Å². The van der Waals surface area contributed by atoms with Gasteiger partial charge in [-0.05, 0) is 12.8 Å². The SMILES string of the molecule is O=C(O)CN(C(=O)CN1CSCC1=O)C1CC1. The van der Waals surface area contributed by atoms with Crippen LogP contribution in [0.2, 0.25) is 0 Å². The average Bonchev–Trinajstić information content (AvgIpc) is 3.01. The van der Waals surface area contributed by atoms with Gasteiger partial charge in [0.25, 0.3) is 0 Å². The van der Waals surface area contributed by atoms with Crippen LogP contribution >= 0.6 is 11.8 Å². The third-order valence-electron chi connectivity index (χ3n) is 2.77. The number of aliphatic carboxylic acids is 1. The van der Waals surface area contributed by atoms with Crippen molar-refractivity contribution in [1.29, 1.82) is 0 Å². The second-order valence-corrected chi connectivity index (χ2v) is 5.17. The van der Waals surface area contributed by atoms with E-state index in [1.807, 2.05) is 0 Å². The molecule has 1 heterocycles. The lowest BCUT2D eigenvalue weighted by atomic mass is 10.4. The molecular formula is C10H14N2O4S. The van der Waals surface area contributed by atoms with Crippen molar-refractivity contribution in [3.05, 3.63) is 0 Å². The first-order valence-electron chi connectivity index (χ1n) is 5.44. The van der Waals surface area contributed by atoms with Crippen LogP contribution in [0.25, 0.3) is 0 Å². The highest BCUT2D eigenvalue weighted by Crippen LogP contribution is 2.27. The van der Waals surface area contributed by atoms with Crippen LogP contribution in [0.5, 0.6) is 0 Å². The van der Waals surface area contributed by atoms with Crippen molar-refractivity contribution >= 4 is 29.5 Å². The van der Waals surface area contributed by atoms with Crippen molar-refractivity contribution in [3.8, 4) is 0 Å². The van der Waals surface area contributed by atoms with E-state index in [1.54, 1.807) is 0 Å². The smallest absolute Gasteiger partial charge is 0.323 e. The minimum atomic E-state index is -1.01. The predicted octanol–water partition coefficient (Wildman–Crippen LogP) is -0.405. The Bertz CT molecular complexity index is 356. The van der Waals surface area contributed by atoms with Gasteiger partial charge in [-0.1, -0.05) is 0 Å². The van der Waals surface area contributed by atoms with Crippen LogP contribution in [-0.4, -0.2) is 63.5 Å². The number of rotatable bonds is 5. The van der Waals surface area contributed by atoms with Gasteiger partial charge in [0.05, 0.1) is 11.6 Å². The van der Waals surface area contributed by atoms with Crippen LogP contribution in [0.15, 0.2) is 0 Å². The molecule has 0 atom stereocenters. The molecule has 0 aromatic carbocycles. The van der Waals surface area contributed by atoms with Gasteiger partial charge in [0, 0.05) is 6.04 Å². The van der Waals surface area contributed by atoms with Crippen molar-refractivity contribution in [3.63, 3.8) is 0 Å². The monoisotopic (exact) mass is 258 g/mol. The third-order valence-corrected chi connectivity index (χ3v) is 3.71. The van der Waals surface area contributed by atoms with E-state index in [0.717, 1.165) is 12.8 Å². The summed E-state index contributed by atoms with van der Waals surface area (Å²) in [4.78, 5) is 36.8. The fourth-order valence-corrected chi connectivity index (χ4v) is 2.65. The molecule has 17 heavy (non-hydrogen) atoms. The van der Waals surface area contributed by atoms with E-state index < -0.39 is 5.97 Å². The highest BCUT2D eigenvalue weighted by molar-refractivity contribution is 8.00. The molecule has 1 aliphatic heterocycles. The number of carboxylic acid groups (broad SMARTS) is 1. The molecule has 0 bridgehead atoms. The van der Waals surface area contributed by atoms with E-state index in [9.17, 15) is 14.4 Å². The highest BCUT2D eigenvalue weighted by Gasteiger charge is 2.35. The van der Waals surface area contributed by atoms with Crippen LogP contribution in [0.1, 0.15) is 12.8 Å². The van der Waals surface area contributed by atoms with Crippen molar-refractivity contribution < 1.29 is 19.5 Å². The molecular weight excluding hydrogens is 244 g/mol. The zero-order valence-electron chi connectivity index (χ0n) is 9.29. The minimum Gasteiger partial charge on any atom is -0.480 e. The van der Waals surface area contributed by atoms with Crippen LogP contribution < -0.4 is 0 Å². The molecule has 2 aliphatic rings. The number of carbonyl (C=O) groups is 3. The molecule has 1 N–H and O–H groups in total. The topological polar surface area (TPSA) is 77.9 Å². The Morgan fingerprint density at radius 1 is 1.47 bits per heavy atom. The van der Waals surface area contributed by atoms with Crippen LogP contribution in [0.3, 0.4) is 0 Å². The highest BCUT2D eigenvalue weighted by atomic mass is 32.2. The van der Waals surface area contributed by atoms with Crippen molar-refractivity contribution in [2.45, 2.75) is 18.9 Å². The maximum absolute atomic E-state index is 11.9. The van der Waals surface area contributed by atoms with E-state index >= 15 is 0 Å². The number of nitrogens with zero attached hydrogens (tertiary/aromatic N) is 2. The molecule has 1 aliphatic carbocycles. The summed E-state index contributed by atoms with van der Waals surface area (Å²) in [6.07, 6.45) is 1.73. The molecule has 0 spiro atoms. The first kappa shape index (κ1) is 12.2. The summed E-state index contributed by atoms with van der Waals surface area (Å²) in [7, 11) is 0. The number of carbonyl (C=O) groups excluding carboxylic acids is 2. The molecule has 1 saturated heterocycles. The minimum absolute atomic E-state index is 0.00954. The van der Waals surface area contributed by atoms with Gasteiger partial charge in [-0.2, -0.15) is 0 Å². The van der Waals surface area contributed by atoms with E-state index in [0.29, 0.717) is 11.6 Å². The number of hydrogen-bond donors (Lipinski definition) is 1. The third kappa shape index (κ3) is 3.12. The summed E-state index contributed by atoms with van der Waals surface area (Å²) < 4.78 is 0. The number of carboxylic acids is 1. The molecule has 2 fully saturated rings. The number of thioether (sulfide) groups is 1. The molecule has 0 aromatic rings. The van der Waals surface area contributed by atoms with Gasteiger partial charge >= 0.3 is 5.97 Å². The van der Waals surface area contributed by atoms with E-state index in [2.05, 4.69) is 0 Å². The summed E-state index contributed by atoms with van der Waals surface area (Å²) >= 11 is 1.47. The Kier molecular flexibility index (Phi) is 3.56. The maximum atomic E-state index is 11.9. The van der Waals surface area contributed by atoms with Crippen molar-refractivity contribution in [2.75, 3.05) is 24.7 Å². The zero-order valence-corrected chi connectivity index (χ0v) is 10.1. The maximum Gasteiger partial charge on any atom is 0.323 e. The molecule has 2 amide bonds. The lowest BCUT2D eigenvalue weighted by molar-refractivity contribution is -0.146. The molecule has 0 unspecified atom stereocenters. The summed E-state index contributed by atoms with van der Waals surface area (Å²) in [6, 6.07) is 0.0592. The van der Waals surface area contributed by atoms with Gasteiger partial charge < -0.3 is 14.9 Å². The van der Waals surface area contributed by atoms with Gasteiger partial charge in [0.2, 0.25) is 11.8 Å². The van der Waals surface area contributed by atoms with Crippen molar-refractivity contribution in [2.24, 2.45) is 0 Å². The molecule has 0 radical (unpaired) electrons. The molecule has 94 valence electrons. The summed E-state index contributed by atoms with van der Waals surface area (Å²) in [6.45, 7) is -0.256. The lowest BCUT2D eigenvalue weighted by Crippen LogP contribution is -2.44. The second kappa shape index (κ2) is 4.95.